The molecule has 10 heavy (non-hydrogen) atoms. The van der Waals surface area contributed by atoms with Gasteiger partial charge in [0.15, 0.2) is 0 Å². The molecule has 1 N–H and O–H groups in total. The summed E-state index contributed by atoms with van der Waals surface area (Å²) in [5.41, 5.74) is -0.249. The first-order valence-corrected chi connectivity index (χ1v) is 3.15. The molecule has 0 saturated heterocycles. The van der Waals surface area contributed by atoms with Crippen LogP contribution >= 0.6 is 11.6 Å². The van der Waals surface area contributed by atoms with E-state index in [9.17, 15) is 4.79 Å². The predicted octanol–water partition coefficient (Wildman–Crippen LogP) is 1.15. The van der Waals surface area contributed by atoms with Crippen molar-refractivity contribution in [2.75, 3.05) is 5.88 Å². The fourth-order valence-corrected chi connectivity index (χ4v) is 0.489. The van der Waals surface area contributed by atoms with Gasteiger partial charge in [0.25, 0.3) is 0 Å². The monoisotopic (exact) mass is 159 g/mol. The first-order valence-electron chi connectivity index (χ1n) is 2.62. The first-order chi connectivity index (χ1) is 4.72. The molecule has 0 aromatic rings. The van der Waals surface area contributed by atoms with Crippen molar-refractivity contribution < 1.29 is 9.90 Å². The molecular weight excluding hydrogens is 154 g/mol. The lowest BCUT2D eigenvalue weighted by Gasteiger charge is -1.86. The average molecular weight is 160 g/mol. The number of carboxylic acids is 1. The Balaban J connectivity index is 4.09. The summed E-state index contributed by atoms with van der Waals surface area (Å²) < 4.78 is 0. The molecule has 3 nitrogen and oxygen atoms in total. The van der Waals surface area contributed by atoms with Gasteiger partial charge in [-0.15, -0.1) is 11.6 Å². The van der Waals surface area contributed by atoms with Crippen molar-refractivity contribution in [3.8, 4) is 6.07 Å². The fraction of sp³-hybridized carbons (Fsp3) is 0.333. The van der Waals surface area contributed by atoms with E-state index in [1.807, 2.05) is 0 Å². The minimum Gasteiger partial charge on any atom is -0.477 e. The van der Waals surface area contributed by atoms with Crippen LogP contribution in [0.3, 0.4) is 0 Å². The number of rotatable bonds is 3. The van der Waals surface area contributed by atoms with E-state index in [-0.39, 0.29) is 5.57 Å². The zero-order chi connectivity index (χ0) is 7.98. The van der Waals surface area contributed by atoms with Crippen molar-refractivity contribution in [1.82, 2.24) is 0 Å². The standard InChI is InChI=1S/C6H6ClNO2/c7-3-1-2-5(4-8)6(9)10/h2H,1,3H2,(H,9,10). The largest absolute Gasteiger partial charge is 0.477 e. The van der Waals surface area contributed by atoms with Crippen molar-refractivity contribution >= 4 is 17.6 Å². The zero-order valence-corrected chi connectivity index (χ0v) is 5.93. The van der Waals surface area contributed by atoms with E-state index in [1.54, 1.807) is 0 Å². The van der Waals surface area contributed by atoms with Crippen molar-refractivity contribution in [1.29, 1.82) is 5.26 Å². The number of nitrogens with zero attached hydrogens (tertiary/aromatic N) is 1. The Bertz CT molecular complexity index is 192. The van der Waals surface area contributed by atoms with Gasteiger partial charge in [-0.2, -0.15) is 5.26 Å². The summed E-state index contributed by atoms with van der Waals surface area (Å²) in [5, 5.41) is 16.4. The number of carboxylic acid groups (broad SMARTS) is 1. The second-order valence-electron chi connectivity index (χ2n) is 1.51. The van der Waals surface area contributed by atoms with Gasteiger partial charge in [-0.05, 0) is 6.42 Å². The van der Waals surface area contributed by atoms with E-state index in [1.165, 1.54) is 12.1 Å². The van der Waals surface area contributed by atoms with E-state index in [0.717, 1.165) is 0 Å². The van der Waals surface area contributed by atoms with E-state index in [0.29, 0.717) is 12.3 Å². The quantitative estimate of drug-likeness (QED) is 0.382. The number of halogens is 1. The third-order valence-electron chi connectivity index (χ3n) is 0.808. The molecule has 0 heterocycles. The lowest BCUT2D eigenvalue weighted by molar-refractivity contribution is -0.132. The molecule has 0 rings (SSSR count). The van der Waals surface area contributed by atoms with Crippen molar-refractivity contribution in [2.45, 2.75) is 6.42 Å². The summed E-state index contributed by atoms with van der Waals surface area (Å²) in [6.07, 6.45) is 1.71. The number of aliphatic carboxylic acids is 1. The molecule has 0 aliphatic rings. The van der Waals surface area contributed by atoms with Crippen molar-refractivity contribution in [3.05, 3.63) is 11.6 Å². The van der Waals surface area contributed by atoms with Gasteiger partial charge in [0.2, 0.25) is 0 Å². The molecule has 0 radical (unpaired) electrons. The highest BCUT2D eigenvalue weighted by atomic mass is 35.5. The fourth-order valence-electron chi connectivity index (χ4n) is 0.380. The molecule has 0 amide bonds. The van der Waals surface area contributed by atoms with Crippen LogP contribution in [0.5, 0.6) is 0 Å². The highest BCUT2D eigenvalue weighted by Gasteiger charge is 2.02. The third kappa shape index (κ3) is 3.10. The average Bonchev–Trinajstić information content (AvgIpc) is 1.89. The van der Waals surface area contributed by atoms with Crippen molar-refractivity contribution in [2.24, 2.45) is 0 Å². The van der Waals surface area contributed by atoms with Gasteiger partial charge in [-0.25, -0.2) is 4.79 Å². The van der Waals surface area contributed by atoms with Crippen LogP contribution in [0.2, 0.25) is 0 Å². The van der Waals surface area contributed by atoms with Crippen LogP contribution in [0, 0.1) is 11.3 Å². The van der Waals surface area contributed by atoms with Crippen LogP contribution in [0.15, 0.2) is 11.6 Å². The summed E-state index contributed by atoms with van der Waals surface area (Å²) in [6, 6.07) is 1.54. The summed E-state index contributed by atoms with van der Waals surface area (Å²) in [6.45, 7) is 0. The number of nitriles is 1. The van der Waals surface area contributed by atoms with Gasteiger partial charge in [0.05, 0.1) is 0 Å². The van der Waals surface area contributed by atoms with Gasteiger partial charge in [0.1, 0.15) is 11.6 Å². The lowest BCUT2D eigenvalue weighted by Crippen LogP contribution is -1.97. The second kappa shape index (κ2) is 4.83. The molecule has 0 aliphatic carbocycles. The van der Waals surface area contributed by atoms with Gasteiger partial charge in [-0.1, -0.05) is 6.08 Å². The molecule has 0 fully saturated rings. The predicted molar refractivity (Wildman–Crippen MR) is 36.7 cm³/mol. The molecule has 0 bridgehead atoms. The zero-order valence-electron chi connectivity index (χ0n) is 5.17. The Hall–Kier alpha value is -1.01. The number of carbonyl (C=O) groups is 1. The van der Waals surface area contributed by atoms with Crippen molar-refractivity contribution in [3.63, 3.8) is 0 Å². The second-order valence-corrected chi connectivity index (χ2v) is 1.89. The Labute approximate surface area is 63.5 Å². The number of hydrogen-bond donors (Lipinski definition) is 1. The normalized spacial score (nSPS) is 10.6. The maximum absolute atomic E-state index is 10.1. The van der Waals surface area contributed by atoms with E-state index in [4.69, 9.17) is 22.0 Å². The maximum atomic E-state index is 10.1. The lowest BCUT2D eigenvalue weighted by atomic mass is 10.2. The van der Waals surface area contributed by atoms with Gasteiger partial charge < -0.3 is 5.11 Å². The molecule has 54 valence electrons. The summed E-state index contributed by atoms with van der Waals surface area (Å²) >= 11 is 5.26. The molecule has 0 spiro atoms. The number of allylic oxidation sites excluding steroid dienone is 1. The minimum absolute atomic E-state index is 0.249. The first kappa shape index (κ1) is 8.99. The Kier molecular flexibility index (Phi) is 4.34. The maximum Gasteiger partial charge on any atom is 0.346 e. The SMILES string of the molecule is N#CC(=CCCCl)C(=O)O. The van der Waals surface area contributed by atoms with E-state index < -0.39 is 5.97 Å². The van der Waals surface area contributed by atoms with Crippen LogP contribution in [0.4, 0.5) is 0 Å². The third-order valence-corrected chi connectivity index (χ3v) is 1.03. The Morgan fingerprint density at radius 2 is 2.40 bits per heavy atom. The van der Waals surface area contributed by atoms with Gasteiger partial charge in [-0.3, -0.25) is 0 Å². The molecule has 4 heteroatoms. The number of alkyl halides is 1. The Morgan fingerprint density at radius 1 is 1.80 bits per heavy atom. The molecule has 0 aliphatic heterocycles. The van der Waals surface area contributed by atoms with Crippen LogP contribution in [0.25, 0.3) is 0 Å². The Morgan fingerprint density at radius 3 is 2.70 bits per heavy atom. The van der Waals surface area contributed by atoms with E-state index >= 15 is 0 Å². The molecule has 0 unspecified atom stereocenters. The summed E-state index contributed by atoms with van der Waals surface area (Å²) in [4.78, 5) is 10.1. The van der Waals surface area contributed by atoms with Crippen LogP contribution in [0.1, 0.15) is 6.42 Å². The molecule has 0 atom stereocenters. The van der Waals surface area contributed by atoms with Crippen LogP contribution < -0.4 is 0 Å². The number of hydrogen-bond acceptors (Lipinski definition) is 2. The smallest absolute Gasteiger partial charge is 0.346 e. The van der Waals surface area contributed by atoms with Crippen LogP contribution in [-0.2, 0) is 4.79 Å². The van der Waals surface area contributed by atoms with Gasteiger partial charge >= 0.3 is 5.97 Å². The molecule has 0 aromatic carbocycles. The highest BCUT2D eigenvalue weighted by molar-refractivity contribution is 6.18. The topological polar surface area (TPSA) is 61.1 Å². The minimum atomic E-state index is -1.20. The molecule has 0 saturated carbocycles. The van der Waals surface area contributed by atoms with Crippen LogP contribution in [-0.4, -0.2) is 17.0 Å². The summed E-state index contributed by atoms with van der Waals surface area (Å²) in [5.74, 6) is -0.869. The molecular formula is C6H6ClNO2. The summed E-state index contributed by atoms with van der Waals surface area (Å²) in [7, 11) is 0. The van der Waals surface area contributed by atoms with Gasteiger partial charge in [0, 0.05) is 5.88 Å². The highest BCUT2D eigenvalue weighted by Crippen LogP contribution is 1.95. The molecule has 0 aromatic heterocycles. The van der Waals surface area contributed by atoms with E-state index in [2.05, 4.69) is 0 Å².